The molecule has 1 amide bonds. The number of thioether (sulfide) groups is 2. The molecule has 2 aromatic carbocycles. The number of hydrazone groups is 1. The summed E-state index contributed by atoms with van der Waals surface area (Å²) in [5.41, 5.74) is 5.27. The number of hydrogen-bond acceptors (Lipinski definition) is 6. The van der Waals surface area contributed by atoms with E-state index in [0.29, 0.717) is 21.7 Å². The Balaban J connectivity index is 1.30. The molecule has 1 fully saturated rings. The molecule has 7 nitrogen and oxygen atoms in total. The first-order chi connectivity index (χ1) is 15.6. The molecule has 0 saturated carbocycles. The summed E-state index contributed by atoms with van der Waals surface area (Å²) in [5.74, 6) is 1.61. The molecule has 0 unspecified atom stereocenters. The highest BCUT2D eigenvalue weighted by Gasteiger charge is 2.18. The molecule has 0 atom stereocenters. The fourth-order valence-electron chi connectivity index (χ4n) is 3.15. The second-order valence-corrected chi connectivity index (χ2v) is 9.61. The number of amides is 1. The summed E-state index contributed by atoms with van der Waals surface area (Å²) in [5, 5.41) is 13.2. The van der Waals surface area contributed by atoms with E-state index in [1.807, 2.05) is 59.9 Å². The van der Waals surface area contributed by atoms with Crippen molar-refractivity contribution < 1.29 is 19.4 Å². The Hall–Kier alpha value is -3.17. The minimum atomic E-state index is -0.993. The first kappa shape index (κ1) is 22.0. The van der Waals surface area contributed by atoms with Gasteiger partial charge in [-0.15, -0.1) is 23.5 Å². The molecule has 1 aromatic heterocycles. The lowest BCUT2D eigenvalue weighted by atomic mass is 10.2. The number of carboxylic acids is 1. The minimum absolute atomic E-state index is 0.148. The quantitative estimate of drug-likeness (QED) is 0.381. The third-order valence-electron chi connectivity index (χ3n) is 4.68. The van der Waals surface area contributed by atoms with Crippen LogP contribution >= 0.6 is 23.5 Å². The van der Waals surface area contributed by atoms with Gasteiger partial charge in [0.05, 0.1) is 22.1 Å². The summed E-state index contributed by atoms with van der Waals surface area (Å²) in [6.07, 6.45) is 3.29. The van der Waals surface area contributed by atoms with Gasteiger partial charge >= 0.3 is 5.97 Å². The average Bonchev–Trinajstić information content (AvgIpc) is 3.51. The maximum atomic E-state index is 12.1. The SMILES string of the molecule is O=C(COc1ccc(C2SCCS2)cc1)N/N=C\c1cccn1-c1cccc(C(=O)O)c1. The monoisotopic (exact) mass is 467 g/mol. The van der Waals surface area contributed by atoms with E-state index in [1.54, 1.807) is 29.0 Å². The van der Waals surface area contributed by atoms with Crippen molar-refractivity contribution in [1.82, 2.24) is 9.99 Å². The first-order valence-electron chi connectivity index (χ1n) is 9.89. The van der Waals surface area contributed by atoms with Crippen LogP contribution in [0.4, 0.5) is 0 Å². The van der Waals surface area contributed by atoms with Gasteiger partial charge in [0.15, 0.2) is 6.61 Å². The van der Waals surface area contributed by atoms with E-state index in [-0.39, 0.29) is 18.1 Å². The summed E-state index contributed by atoms with van der Waals surface area (Å²) in [6.45, 7) is -0.148. The molecule has 0 aliphatic carbocycles. The Labute approximate surface area is 193 Å². The molecule has 1 aliphatic heterocycles. The number of carbonyl (C=O) groups excluding carboxylic acids is 1. The van der Waals surface area contributed by atoms with Crippen molar-refractivity contribution in [2.45, 2.75) is 4.58 Å². The van der Waals surface area contributed by atoms with E-state index in [9.17, 15) is 14.7 Å². The molecule has 32 heavy (non-hydrogen) atoms. The number of nitrogens with one attached hydrogen (secondary N) is 1. The molecule has 0 radical (unpaired) electrons. The van der Waals surface area contributed by atoms with Crippen LogP contribution in [0, 0.1) is 0 Å². The predicted octanol–water partition coefficient (Wildman–Crippen LogP) is 4.18. The normalized spacial score (nSPS) is 14.0. The van der Waals surface area contributed by atoms with Gasteiger partial charge in [-0.1, -0.05) is 18.2 Å². The highest BCUT2D eigenvalue weighted by Crippen LogP contribution is 2.45. The number of nitrogens with zero attached hydrogens (tertiary/aromatic N) is 2. The number of carbonyl (C=O) groups is 2. The minimum Gasteiger partial charge on any atom is -0.484 e. The lowest BCUT2D eigenvalue weighted by Crippen LogP contribution is -2.24. The number of aromatic carboxylic acids is 1. The molecule has 2 heterocycles. The van der Waals surface area contributed by atoms with Crippen molar-refractivity contribution in [3.05, 3.63) is 83.7 Å². The standard InChI is InChI=1S/C23H21N3O4S2/c27-21(15-30-20-8-6-16(7-9-20)23-31-11-12-32-23)25-24-14-19-5-2-10-26(19)18-4-1-3-17(13-18)22(28)29/h1-10,13-14,23H,11-12,15H2,(H,25,27)(H,28,29)/b24-14-. The van der Waals surface area contributed by atoms with Crippen molar-refractivity contribution >= 4 is 41.6 Å². The van der Waals surface area contributed by atoms with Gasteiger partial charge in [0.25, 0.3) is 5.91 Å². The van der Waals surface area contributed by atoms with Crippen LogP contribution in [0.1, 0.15) is 26.2 Å². The lowest BCUT2D eigenvalue weighted by molar-refractivity contribution is -0.123. The molecule has 4 rings (SSSR count). The molecule has 0 spiro atoms. The maximum Gasteiger partial charge on any atom is 0.335 e. The van der Waals surface area contributed by atoms with Crippen LogP contribution < -0.4 is 10.2 Å². The van der Waals surface area contributed by atoms with Gasteiger partial charge in [-0.25, -0.2) is 10.2 Å². The fourth-order valence-corrected chi connectivity index (χ4v) is 6.01. The summed E-state index contributed by atoms with van der Waals surface area (Å²) >= 11 is 3.89. The zero-order valence-electron chi connectivity index (χ0n) is 17.0. The number of carboxylic acid groups (broad SMARTS) is 1. The molecular formula is C23H21N3O4S2. The Morgan fingerprint density at radius 2 is 1.91 bits per heavy atom. The molecule has 3 aromatic rings. The molecule has 9 heteroatoms. The Morgan fingerprint density at radius 3 is 2.66 bits per heavy atom. The fraction of sp³-hybridized carbons (Fsp3) is 0.174. The van der Waals surface area contributed by atoms with Gasteiger partial charge < -0.3 is 14.4 Å². The molecular weight excluding hydrogens is 446 g/mol. The topological polar surface area (TPSA) is 92.9 Å². The summed E-state index contributed by atoms with van der Waals surface area (Å²) in [7, 11) is 0. The number of aromatic nitrogens is 1. The highest BCUT2D eigenvalue weighted by molar-refractivity contribution is 8.19. The average molecular weight is 468 g/mol. The van der Waals surface area contributed by atoms with Gasteiger partial charge in [0, 0.05) is 23.4 Å². The Kier molecular flexibility index (Phi) is 7.18. The van der Waals surface area contributed by atoms with E-state index in [0.717, 1.165) is 0 Å². The molecule has 1 saturated heterocycles. The van der Waals surface area contributed by atoms with Crippen LogP contribution in [0.5, 0.6) is 5.75 Å². The van der Waals surface area contributed by atoms with Crippen LogP contribution in [0.2, 0.25) is 0 Å². The van der Waals surface area contributed by atoms with E-state index in [2.05, 4.69) is 10.5 Å². The van der Waals surface area contributed by atoms with E-state index in [4.69, 9.17) is 4.74 Å². The van der Waals surface area contributed by atoms with E-state index >= 15 is 0 Å². The largest absolute Gasteiger partial charge is 0.484 e. The van der Waals surface area contributed by atoms with Gasteiger partial charge in [0.2, 0.25) is 0 Å². The highest BCUT2D eigenvalue weighted by atomic mass is 32.2. The number of benzene rings is 2. The van der Waals surface area contributed by atoms with Crippen molar-refractivity contribution in [3.63, 3.8) is 0 Å². The predicted molar refractivity (Wildman–Crippen MR) is 128 cm³/mol. The zero-order chi connectivity index (χ0) is 22.3. The van der Waals surface area contributed by atoms with Gasteiger partial charge in [-0.3, -0.25) is 4.79 Å². The number of rotatable bonds is 8. The molecule has 164 valence electrons. The first-order valence-corrected chi connectivity index (χ1v) is 12.0. The summed E-state index contributed by atoms with van der Waals surface area (Å²) in [6, 6.07) is 18.0. The van der Waals surface area contributed by atoms with E-state index < -0.39 is 5.97 Å². The van der Waals surface area contributed by atoms with Crippen LogP contribution in [0.3, 0.4) is 0 Å². The van der Waals surface area contributed by atoms with Crippen molar-refractivity contribution in [1.29, 1.82) is 0 Å². The van der Waals surface area contributed by atoms with Crippen molar-refractivity contribution in [2.24, 2.45) is 5.10 Å². The third-order valence-corrected chi connectivity index (χ3v) is 7.79. The van der Waals surface area contributed by atoms with Gasteiger partial charge in [0.1, 0.15) is 5.75 Å². The summed E-state index contributed by atoms with van der Waals surface area (Å²) < 4.78 is 7.80. The van der Waals surface area contributed by atoms with Gasteiger partial charge in [-0.2, -0.15) is 5.10 Å². The van der Waals surface area contributed by atoms with E-state index in [1.165, 1.54) is 29.4 Å². The second kappa shape index (κ2) is 10.4. The Morgan fingerprint density at radius 1 is 1.12 bits per heavy atom. The number of hydrogen-bond donors (Lipinski definition) is 2. The Bertz CT molecular complexity index is 1120. The van der Waals surface area contributed by atoms with Crippen LogP contribution in [-0.2, 0) is 4.79 Å². The van der Waals surface area contributed by atoms with Crippen molar-refractivity contribution in [2.75, 3.05) is 18.1 Å². The second-order valence-electron chi connectivity index (χ2n) is 6.88. The zero-order valence-corrected chi connectivity index (χ0v) is 18.6. The molecule has 1 aliphatic rings. The number of ether oxygens (including phenoxy) is 1. The van der Waals surface area contributed by atoms with Crippen LogP contribution in [0.25, 0.3) is 5.69 Å². The lowest BCUT2D eigenvalue weighted by Gasteiger charge is -2.10. The maximum absolute atomic E-state index is 12.1. The van der Waals surface area contributed by atoms with Crippen LogP contribution in [0.15, 0.2) is 72.0 Å². The summed E-state index contributed by atoms with van der Waals surface area (Å²) in [4.78, 5) is 23.3. The molecule has 0 bridgehead atoms. The molecule has 2 N–H and O–H groups in total. The van der Waals surface area contributed by atoms with Crippen LogP contribution in [-0.4, -0.2) is 45.9 Å². The van der Waals surface area contributed by atoms with Crippen molar-refractivity contribution in [3.8, 4) is 11.4 Å². The third kappa shape index (κ3) is 5.54. The van der Waals surface area contributed by atoms with Gasteiger partial charge in [-0.05, 0) is 48.0 Å². The smallest absolute Gasteiger partial charge is 0.335 e.